The number of hydrogen-bond acceptors (Lipinski definition) is 3. The second-order valence-electron chi connectivity index (χ2n) is 3.35. The summed E-state index contributed by atoms with van der Waals surface area (Å²) in [5.74, 6) is -0.331. The highest BCUT2D eigenvalue weighted by Gasteiger charge is 2.18. The first-order valence-electron chi connectivity index (χ1n) is 5.03. The molecule has 1 aromatic heterocycles. The van der Waals surface area contributed by atoms with Gasteiger partial charge in [0, 0.05) is 7.05 Å². The Morgan fingerprint density at radius 2 is 2.12 bits per heavy atom. The number of nitrogens with zero attached hydrogens (tertiary/aromatic N) is 3. The molecule has 0 radical (unpaired) electrons. The van der Waals surface area contributed by atoms with Crippen LogP contribution in [0.3, 0.4) is 0 Å². The monoisotopic (exact) mass is 226 g/mol. The lowest BCUT2D eigenvalue weighted by Crippen LogP contribution is -2.22. The number of amides is 1. The Balaban J connectivity index is 2.60. The Labute approximate surface area is 98.3 Å². The summed E-state index contributed by atoms with van der Waals surface area (Å²) in [4.78, 5) is 11.7. The van der Waals surface area contributed by atoms with Gasteiger partial charge in [0.2, 0.25) is 0 Å². The smallest absolute Gasteiger partial charge is 0.271 e. The van der Waals surface area contributed by atoms with Crippen LogP contribution in [-0.2, 0) is 0 Å². The Morgan fingerprint density at radius 1 is 1.41 bits per heavy atom. The third kappa shape index (κ3) is 1.88. The van der Waals surface area contributed by atoms with Gasteiger partial charge in [-0.3, -0.25) is 4.79 Å². The molecule has 1 amide bonds. The Hall–Kier alpha value is -2.61. The molecule has 0 saturated heterocycles. The molecule has 1 aromatic carbocycles. The fourth-order valence-electron chi connectivity index (χ4n) is 1.53. The number of nitrogens with one attached hydrogen (secondary N) is 1. The maximum Gasteiger partial charge on any atom is 0.271 e. The van der Waals surface area contributed by atoms with Gasteiger partial charge in [-0.25, -0.2) is 4.68 Å². The van der Waals surface area contributed by atoms with Crippen LogP contribution in [0.4, 0.5) is 0 Å². The number of benzene rings is 1. The third-order valence-corrected chi connectivity index (χ3v) is 2.33. The van der Waals surface area contributed by atoms with Crippen LogP contribution >= 0.6 is 0 Å². The predicted octanol–water partition coefficient (Wildman–Crippen LogP) is 1.10. The van der Waals surface area contributed by atoms with Crippen molar-refractivity contribution in [2.24, 2.45) is 0 Å². The molecular formula is C12H10N4O. The Kier molecular flexibility index (Phi) is 2.88. The molecule has 0 saturated carbocycles. The van der Waals surface area contributed by atoms with Crippen LogP contribution in [-0.4, -0.2) is 22.7 Å². The van der Waals surface area contributed by atoms with Crippen molar-refractivity contribution in [3.63, 3.8) is 0 Å². The minimum atomic E-state index is -0.331. The van der Waals surface area contributed by atoms with Crippen molar-refractivity contribution >= 4 is 5.91 Å². The topological polar surface area (TPSA) is 70.7 Å². The summed E-state index contributed by atoms with van der Waals surface area (Å²) in [7, 11) is 1.52. The SMILES string of the molecule is CNC(=O)c1c(C#N)cnn1-c1ccccc1. The van der Waals surface area contributed by atoms with Crippen LogP contribution in [0.5, 0.6) is 0 Å². The lowest BCUT2D eigenvalue weighted by Gasteiger charge is -2.06. The lowest BCUT2D eigenvalue weighted by molar-refractivity contribution is 0.0955. The molecule has 5 heteroatoms. The number of hydrogen-bond donors (Lipinski definition) is 1. The summed E-state index contributed by atoms with van der Waals surface area (Å²) in [5, 5.41) is 15.5. The Morgan fingerprint density at radius 3 is 2.71 bits per heavy atom. The van der Waals surface area contributed by atoms with Gasteiger partial charge in [-0.1, -0.05) is 18.2 Å². The van der Waals surface area contributed by atoms with E-state index in [-0.39, 0.29) is 17.2 Å². The molecule has 1 N–H and O–H groups in total. The standard InChI is InChI=1S/C12H10N4O/c1-14-12(17)11-9(7-13)8-15-16(11)10-5-3-2-4-6-10/h2-6,8H,1H3,(H,14,17). The maximum absolute atomic E-state index is 11.7. The van der Waals surface area contributed by atoms with Gasteiger partial charge in [0.05, 0.1) is 11.9 Å². The summed E-state index contributed by atoms with van der Waals surface area (Å²) >= 11 is 0. The van der Waals surface area contributed by atoms with Gasteiger partial charge in [0.25, 0.3) is 5.91 Å². The van der Waals surface area contributed by atoms with Crippen LogP contribution in [0, 0.1) is 11.3 Å². The van der Waals surface area contributed by atoms with Crippen molar-refractivity contribution in [1.82, 2.24) is 15.1 Å². The first-order valence-corrected chi connectivity index (χ1v) is 5.03. The van der Waals surface area contributed by atoms with Crippen LogP contribution in [0.2, 0.25) is 0 Å². The molecule has 0 aliphatic rings. The average molecular weight is 226 g/mol. The first kappa shape index (κ1) is 10.9. The van der Waals surface area contributed by atoms with Crippen molar-refractivity contribution in [3.8, 4) is 11.8 Å². The zero-order valence-electron chi connectivity index (χ0n) is 9.21. The average Bonchev–Trinajstić information content (AvgIpc) is 2.82. The summed E-state index contributed by atoms with van der Waals surface area (Å²) in [6.45, 7) is 0. The zero-order chi connectivity index (χ0) is 12.3. The van der Waals surface area contributed by atoms with Crippen LogP contribution < -0.4 is 5.32 Å². The largest absolute Gasteiger partial charge is 0.354 e. The van der Waals surface area contributed by atoms with E-state index in [2.05, 4.69) is 10.4 Å². The van der Waals surface area contributed by atoms with Crippen LogP contribution in [0.1, 0.15) is 16.1 Å². The van der Waals surface area contributed by atoms with Crippen LogP contribution in [0.15, 0.2) is 36.5 Å². The highest BCUT2D eigenvalue weighted by Crippen LogP contribution is 2.13. The summed E-state index contributed by atoms with van der Waals surface area (Å²) in [5.41, 5.74) is 1.25. The highest BCUT2D eigenvalue weighted by atomic mass is 16.1. The minimum Gasteiger partial charge on any atom is -0.354 e. The first-order chi connectivity index (χ1) is 8.27. The van der Waals surface area contributed by atoms with Gasteiger partial charge in [-0.2, -0.15) is 10.4 Å². The highest BCUT2D eigenvalue weighted by molar-refractivity contribution is 5.95. The van der Waals surface area contributed by atoms with E-state index in [1.165, 1.54) is 17.9 Å². The van der Waals surface area contributed by atoms with Crippen LogP contribution in [0.25, 0.3) is 5.69 Å². The summed E-state index contributed by atoms with van der Waals surface area (Å²) < 4.78 is 1.46. The maximum atomic E-state index is 11.7. The molecule has 17 heavy (non-hydrogen) atoms. The third-order valence-electron chi connectivity index (χ3n) is 2.33. The number of rotatable bonds is 2. The van der Waals surface area contributed by atoms with E-state index in [0.717, 1.165) is 5.69 Å². The zero-order valence-corrected chi connectivity index (χ0v) is 9.21. The molecule has 0 atom stereocenters. The molecule has 0 unspecified atom stereocenters. The fraction of sp³-hybridized carbons (Fsp3) is 0.0833. The molecule has 2 rings (SSSR count). The molecular weight excluding hydrogens is 216 g/mol. The van der Waals surface area contributed by atoms with Gasteiger partial charge in [0.1, 0.15) is 17.3 Å². The molecule has 5 nitrogen and oxygen atoms in total. The summed E-state index contributed by atoms with van der Waals surface area (Å²) in [6.07, 6.45) is 1.39. The van der Waals surface area contributed by atoms with E-state index in [0.29, 0.717) is 0 Å². The predicted molar refractivity (Wildman–Crippen MR) is 61.7 cm³/mol. The van der Waals surface area contributed by atoms with Crippen molar-refractivity contribution in [2.45, 2.75) is 0 Å². The molecule has 84 valence electrons. The van der Waals surface area contributed by atoms with Gasteiger partial charge in [-0.15, -0.1) is 0 Å². The minimum absolute atomic E-state index is 0.251. The van der Waals surface area contributed by atoms with Crippen molar-refractivity contribution < 1.29 is 4.79 Å². The molecule has 2 aromatic rings. The molecule has 0 fully saturated rings. The van der Waals surface area contributed by atoms with Gasteiger partial charge in [-0.05, 0) is 12.1 Å². The normalized spacial score (nSPS) is 9.65. The molecule has 0 aliphatic heterocycles. The lowest BCUT2D eigenvalue weighted by atomic mass is 10.2. The number of aromatic nitrogens is 2. The Bertz CT molecular complexity index is 580. The second-order valence-corrected chi connectivity index (χ2v) is 3.35. The van der Waals surface area contributed by atoms with Crippen molar-refractivity contribution in [3.05, 3.63) is 47.8 Å². The quantitative estimate of drug-likeness (QED) is 0.833. The molecule has 0 aliphatic carbocycles. The molecule has 0 bridgehead atoms. The van der Waals surface area contributed by atoms with E-state index in [4.69, 9.17) is 5.26 Å². The van der Waals surface area contributed by atoms with E-state index in [9.17, 15) is 4.79 Å². The number of para-hydroxylation sites is 1. The van der Waals surface area contributed by atoms with E-state index < -0.39 is 0 Å². The fourth-order valence-corrected chi connectivity index (χ4v) is 1.53. The number of nitriles is 1. The van der Waals surface area contributed by atoms with E-state index in [1.54, 1.807) is 0 Å². The van der Waals surface area contributed by atoms with Gasteiger partial charge in [0.15, 0.2) is 0 Å². The number of carbonyl (C=O) groups excluding carboxylic acids is 1. The second kappa shape index (κ2) is 4.49. The number of carbonyl (C=O) groups is 1. The van der Waals surface area contributed by atoms with Crippen molar-refractivity contribution in [1.29, 1.82) is 5.26 Å². The van der Waals surface area contributed by atoms with E-state index in [1.807, 2.05) is 36.4 Å². The van der Waals surface area contributed by atoms with Gasteiger partial charge < -0.3 is 5.32 Å². The van der Waals surface area contributed by atoms with Gasteiger partial charge >= 0.3 is 0 Å². The van der Waals surface area contributed by atoms with Crippen molar-refractivity contribution in [2.75, 3.05) is 7.05 Å². The molecule has 0 spiro atoms. The molecule has 1 heterocycles. The van der Waals surface area contributed by atoms with E-state index >= 15 is 0 Å². The summed E-state index contributed by atoms with van der Waals surface area (Å²) in [6, 6.07) is 11.2.